The predicted octanol–water partition coefficient (Wildman–Crippen LogP) is 3.82. The Morgan fingerprint density at radius 2 is 2.03 bits per heavy atom. The molecule has 146 valence electrons. The zero-order valence-electron chi connectivity index (χ0n) is 16.2. The minimum atomic E-state index is -0.512. The van der Waals surface area contributed by atoms with Gasteiger partial charge in [-0.1, -0.05) is 6.07 Å². The number of pyridine rings is 1. The lowest BCUT2D eigenvalue weighted by atomic mass is 10.1. The molecule has 2 aliphatic rings. The average Bonchev–Trinajstić information content (AvgIpc) is 3.52. The number of nitriles is 1. The first-order valence-corrected chi connectivity index (χ1v) is 9.97. The minimum Gasteiger partial charge on any atom is -0.366 e. The molecule has 1 aliphatic heterocycles. The van der Waals surface area contributed by atoms with Crippen molar-refractivity contribution < 1.29 is 4.79 Å². The van der Waals surface area contributed by atoms with Crippen molar-refractivity contribution in [2.24, 2.45) is 5.73 Å². The van der Waals surface area contributed by atoms with Gasteiger partial charge >= 0.3 is 0 Å². The van der Waals surface area contributed by atoms with E-state index in [4.69, 9.17) is 16.1 Å². The number of amides is 1. The van der Waals surface area contributed by atoms with E-state index < -0.39 is 5.91 Å². The first kappa shape index (κ1) is 18.9. The molecule has 0 atom stereocenters. The summed E-state index contributed by atoms with van der Waals surface area (Å²) in [4.78, 5) is 15.1. The van der Waals surface area contributed by atoms with Gasteiger partial charge in [-0.3, -0.25) is 14.5 Å². The quantitative estimate of drug-likeness (QED) is 0.741. The Hall–Kier alpha value is -3.46. The fourth-order valence-corrected chi connectivity index (χ4v) is 3.51. The van der Waals surface area contributed by atoms with Gasteiger partial charge < -0.3 is 5.73 Å². The number of carbonyl (C=O) groups excluding carboxylic acids is 1. The van der Waals surface area contributed by atoms with Gasteiger partial charge in [-0.25, -0.2) is 0 Å². The van der Waals surface area contributed by atoms with Crippen LogP contribution in [0.15, 0.2) is 48.7 Å². The van der Waals surface area contributed by atoms with E-state index in [1.165, 1.54) is 55.1 Å². The number of carbonyl (C=O) groups is 1. The third-order valence-electron chi connectivity index (χ3n) is 5.26. The molecule has 1 aliphatic carbocycles. The normalized spacial score (nSPS) is 14.9. The van der Waals surface area contributed by atoms with Crippen molar-refractivity contribution in [3.63, 3.8) is 0 Å². The fourth-order valence-electron chi connectivity index (χ4n) is 3.51. The second-order valence-electron chi connectivity index (χ2n) is 7.50. The summed E-state index contributed by atoms with van der Waals surface area (Å²) in [6, 6.07) is 14.8. The van der Waals surface area contributed by atoms with Crippen LogP contribution in [0.5, 0.6) is 0 Å². The Morgan fingerprint density at radius 3 is 2.76 bits per heavy atom. The molecular formula is C23H23N5O. The highest BCUT2D eigenvalue weighted by molar-refractivity contribution is 5.93. The predicted molar refractivity (Wildman–Crippen MR) is 110 cm³/mol. The lowest BCUT2D eigenvalue weighted by Crippen LogP contribution is -2.10. The number of benzene rings is 1. The van der Waals surface area contributed by atoms with E-state index in [-0.39, 0.29) is 0 Å². The topological polar surface area (TPSA) is 97.6 Å². The first-order valence-electron chi connectivity index (χ1n) is 9.97. The van der Waals surface area contributed by atoms with Crippen LogP contribution in [0.1, 0.15) is 58.9 Å². The second kappa shape index (κ2) is 8.27. The van der Waals surface area contributed by atoms with E-state index in [0.717, 1.165) is 12.2 Å². The van der Waals surface area contributed by atoms with Gasteiger partial charge in [0.1, 0.15) is 0 Å². The molecule has 3 aromatic rings. The molecule has 1 aromatic carbocycles. The standard InChI is InChI=1S/C15H17N3.C8H6N2O/c1-2-8-18-13(3-1)10-15(17-18)12-6-7-16-14(9-12)11-4-5-11;9-5-6-2-1-3-7(4-6)8(10)11/h6-7,9-11H,1-5,8H2;1-4H,(H2,10,11). The Kier molecular flexibility index (Phi) is 5.39. The Morgan fingerprint density at radius 1 is 1.17 bits per heavy atom. The Labute approximate surface area is 170 Å². The lowest BCUT2D eigenvalue weighted by molar-refractivity contribution is 0.1000. The molecule has 1 fully saturated rings. The first-order chi connectivity index (χ1) is 14.1. The summed E-state index contributed by atoms with van der Waals surface area (Å²) in [5.74, 6) is 0.198. The SMILES string of the molecule is N#Cc1cccc(C(N)=O)c1.c1cc(-c2cc3n(n2)CCCC3)cc(C2CC2)n1. The van der Waals surface area contributed by atoms with E-state index in [2.05, 4.69) is 27.9 Å². The van der Waals surface area contributed by atoms with E-state index in [9.17, 15) is 4.79 Å². The summed E-state index contributed by atoms with van der Waals surface area (Å²) in [5, 5.41) is 13.2. The van der Waals surface area contributed by atoms with Crippen LogP contribution in [0.2, 0.25) is 0 Å². The van der Waals surface area contributed by atoms with Crippen LogP contribution in [0, 0.1) is 11.3 Å². The number of aryl methyl sites for hydroxylation is 2. The molecule has 6 nitrogen and oxygen atoms in total. The van der Waals surface area contributed by atoms with Crippen molar-refractivity contribution in [2.75, 3.05) is 0 Å². The molecule has 0 unspecified atom stereocenters. The number of nitrogens with two attached hydrogens (primary N) is 1. The number of hydrogen-bond acceptors (Lipinski definition) is 4. The van der Waals surface area contributed by atoms with Crippen LogP contribution in [-0.4, -0.2) is 20.7 Å². The van der Waals surface area contributed by atoms with Gasteiger partial charge in [0.25, 0.3) is 0 Å². The van der Waals surface area contributed by atoms with Crippen LogP contribution in [-0.2, 0) is 13.0 Å². The number of primary amides is 1. The van der Waals surface area contributed by atoms with Crippen molar-refractivity contribution in [1.29, 1.82) is 5.26 Å². The zero-order chi connectivity index (χ0) is 20.2. The van der Waals surface area contributed by atoms with Gasteiger partial charge in [-0.05, 0) is 68.5 Å². The van der Waals surface area contributed by atoms with Crippen molar-refractivity contribution >= 4 is 5.91 Å². The molecule has 2 N–H and O–H groups in total. The summed E-state index contributed by atoms with van der Waals surface area (Å²) in [6.45, 7) is 1.08. The maximum atomic E-state index is 10.6. The van der Waals surface area contributed by atoms with Crippen LogP contribution in [0.25, 0.3) is 11.3 Å². The fraction of sp³-hybridized carbons (Fsp3) is 0.304. The monoisotopic (exact) mass is 385 g/mol. The summed E-state index contributed by atoms with van der Waals surface area (Å²) >= 11 is 0. The maximum absolute atomic E-state index is 10.6. The van der Waals surface area contributed by atoms with E-state index >= 15 is 0 Å². The van der Waals surface area contributed by atoms with Crippen molar-refractivity contribution in [3.05, 3.63) is 71.2 Å². The molecule has 2 aromatic heterocycles. The van der Waals surface area contributed by atoms with Crippen LogP contribution < -0.4 is 5.73 Å². The molecule has 5 rings (SSSR count). The molecule has 29 heavy (non-hydrogen) atoms. The van der Waals surface area contributed by atoms with Crippen molar-refractivity contribution in [3.8, 4) is 17.3 Å². The molecule has 6 heteroatoms. The molecule has 0 saturated heterocycles. The van der Waals surface area contributed by atoms with Gasteiger partial charge in [0.2, 0.25) is 5.91 Å². The number of hydrogen-bond donors (Lipinski definition) is 1. The molecule has 1 saturated carbocycles. The van der Waals surface area contributed by atoms with Gasteiger partial charge in [-0.2, -0.15) is 10.4 Å². The maximum Gasteiger partial charge on any atom is 0.248 e. The second-order valence-corrected chi connectivity index (χ2v) is 7.50. The van der Waals surface area contributed by atoms with Crippen LogP contribution in [0.3, 0.4) is 0 Å². The number of aromatic nitrogens is 3. The third-order valence-corrected chi connectivity index (χ3v) is 5.26. The van der Waals surface area contributed by atoms with Crippen molar-refractivity contribution in [1.82, 2.24) is 14.8 Å². The van der Waals surface area contributed by atoms with E-state index in [0.29, 0.717) is 17.0 Å². The number of nitrogens with zero attached hydrogens (tertiary/aromatic N) is 4. The summed E-state index contributed by atoms with van der Waals surface area (Å²) in [6.07, 6.45) is 8.27. The Balaban J connectivity index is 0.000000161. The highest BCUT2D eigenvalue weighted by Crippen LogP contribution is 2.39. The summed E-state index contributed by atoms with van der Waals surface area (Å²) < 4.78 is 2.18. The molecular weight excluding hydrogens is 362 g/mol. The molecule has 0 bridgehead atoms. The summed E-state index contributed by atoms with van der Waals surface area (Å²) in [7, 11) is 0. The molecule has 0 radical (unpaired) electrons. The van der Waals surface area contributed by atoms with Gasteiger partial charge in [0.15, 0.2) is 0 Å². The molecule has 1 amide bonds. The van der Waals surface area contributed by atoms with Crippen LogP contribution >= 0.6 is 0 Å². The largest absolute Gasteiger partial charge is 0.366 e. The highest BCUT2D eigenvalue weighted by Gasteiger charge is 2.25. The van der Waals surface area contributed by atoms with E-state index in [1.54, 1.807) is 18.2 Å². The number of fused-ring (bicyclic) bond motifs is 1. The molecule has 3 heterocycles. The molecule has 0 spiro atoms. The number of rotatable bonds is 3. The average molecular weight is 385 g/mol. The smallest absolute Gasteiger partial charge is 0.248 e. The summed E-state index contributed by atoms with van der Waals surface area (Å²) in [5.41, 5.74) is 10.8. The van der Waals surface area contributed by atoms with Crippen LogP contribution in [0.4, 0.5) is 0 Å². The third kappa shape index (κ3) is 4.52. The minimum absolute atomic E-state index is 0.365. The van der Waals surface area contributed by atoms with Gasteiger partial charge in [0.05, 0.1) is 17.3 Å². The zero-order valence-corrected chi connectivity index (χ0v) is 16.2. The Bertz CT molecular complexity index is 1050. The van der Waals surface area contributed by atoms with Crippen molar-refractivity contribution in [2.45, 2.75) is 44.6 Å². The van der Waals surface area contributed by atoms with E-state index in [1.807, 2.05) is 12.3 Å². The van der Waals surface area contributed by atoms with Gasteiger partial charge in [-0.15, -0.1) is 0 Å². The lowest BCUT2D eigenvalue weighted by Gasteiger charge is -2.11. The van der Waals surface area contributed by atoms with Gasteiger partial charge in [0, 0.05) is 41.2 Å². The highest BCUT2D eigenvalue weighted by atomic mass is 16.1.